The largest absolute Gasteiger partial charge is 0.480 e. The van der Waals surface area contributed by atoms with Crippen LogP contribution >= 0.6 is 11.3 Å². The van der Waals surface area contributed by atoms with E-state index in [1.807, 2.05) is 6.92 Å². The van der Waals surface area contributed by atoms with Gasteiger partial charge in [-0.15, -0.1) is 11.3 Å². The van der Waals surface area contributed by atoms with Gasteiger partial charge in [0.15, 0.2) is 0 Å². The molecule has 1 atom stereocenters. The second kappa shape index (κ2) is 6.34. The maximum absolute atomic E-state index is 11.8. The zero-order valence-corrected chi connectivity index (χ0v) is 10.7. The molecule has 0 spiro atoms. The van der Waals surface area contributed by atoms with Crippen molar-refractivity contribution in [2.75, 3.05) is 0 Å². The number of amides is 1. The number of hydrogen-bond acceptors (Lipinski definition) is 4. The quantitative estimate of drug-likeness (QED) is 0.813. The van der Waals surface area contributed by atoms with Crippen LogP contribution in [-0.4, -0.2) is 28.0 Å². The number of nitrogens with zero attached hydrogens (tertiary/aromatic N) is 1. The number of carbonyl (C=O) groups is 2. The molecule has 1 heterocycles. The summed E-state index contributed by atoms with van der Waals surface area (Å²) in [4.78, 5) is 27.2. The van der Waals surface area contributed by atoms with Crippen molar-refractivity contribution in [1.29, 1.82) is 0 Å². The molecule has 0 unspecified atom stereocenters. The van der Waals surface area contributed by atoms with Crippen molar-refractivity contribution in [1.82, 2.24) is 10.3 Å². The molecule has 5 nitrogen and oxygen atoms in total. The maximum Gasteiger partial charge on any atom is 0.326 e. The number of nitrogens with one attached hydrogen (secondary N) is 1. The maximum atomic E-state index is 11.8. The molecule has 0 saturated carbocycles. The van der Waals surface area contributed by atoms with Gasteiger partial charge in [-0.2, -0.15) is 0 Å². The predicted octanol–water partition coefficient (Wildman–Crippen LogP) is 1.82. The van der Waals surface area contributed by atoms with Crippen molar-refractivity contribution >= 4 is 23.2 Å². The Morgan fingerprint density at radius 2 is 2.29 bits per heavy atom. The number of aromatic nitrogens is 1. The number of hydrogen-bond donors (Lipinski definition) is 2. The molecule has 6 heteroatoms. The molecule has 0 bridgehead atoms. The van der Waals surface area contributed by atoms with E-state index in [0.29, 0.717) is 17.0 Å². The number of carboxylic acid groups (broad SMARTS) is 1. The molecular formula is C11H16N2O3S. The molecule has 1 rings (SSSR count). The molecule has 0 saturated heterocycles. The second-order valence-corrected chi connectivity index (χ2v) is 4.63. The summed E-state index contributed by atoms with van der Waals surface area (Å²) in [6.07, 6.45) is 2.13. The summed E-state index contributed by atoms with van der Waals surface area (Å²) in [5.41, 5.74) is 2.21. The van der Waals surface area contributed by atoms with Crippen LogP contribution in [0.25, 0.3) is 0 Å². The van der Waals surface area contributed by atoms with E-state index in [1.54, 1.807) is 12.4 Å². The first-order valence-electron chi connectivity index (χ1n) is 5.50. The number of carboxylic acids is 1. The van der Waals surface area contributed by atoms with Crippen LogP contribution in [0.4, 0.5) is 0 Å². The monoisotopic (exact) mass is 256 g/mol. The Labute approximate surface area is 104 Å². The Balaban J connectivity index is 2.64. The molecule has 0 radical (unpaired) electrons. The fraction of sp³-hybridized carbons (Fsp3) is 0.545. The van der Waals surface area contributed by atoms with Crippen molar-refractivity contribution in [3.05, 3.63) is 16.1 Å². The van der Waals surface area contributed by atoms with E-state index in [9.17, 15) is 9.59 Å². The third-order valence-corrected chi connectivity index (χ3v) is 3.33. The summed E-state index contributed by atoms with van der Waals surface area (Å²) >= 11 is 1.22. The van der Waals surface area contributed by atoms with Crippen LogP contribution in [0.1, 0.15) is 41.6 Å². The topological polar surface area (TPSA) is 79.3 Å². The highest BCUT2D eigenvalue weighted by Crippen LogP contribution is 2.12. The van der Waals surface area contributed by atoms with Crippen LogP contribution in [-0.2, 0) is 4.79 Å². The molecule has 1 aromatic rings. The minimum atomic E-state index is -0.992. The minimum absolute atomic E-state index is 0.353. The third kappa shape index (κ3) is 3.81. The third-order valence-electron chi connectivity index (χ3n) is 2.40. The molecule has 94 valence electrons. The van der Waals surface area contributed by atoms with Gasteiger partial charge in [0.25, 0.3) is 5.91 Å². The van der Waals surface area contributed by atoms with Gasteiger partial charge in [-0.25, -0.2) is 9.78 Å². The minimum Gasteiger partial charge on any atom is -0.480 e. The summed E-state index contributed by atoms with van der Waals surface area (Å²) in [7, 11) is 0. The summed E-state index contributed by atoms with van der Waals surface area (Å²) < 4.78 is 0. The fourth-order valence-electron chi connectivity index (χ4n) is 1.41. The van der Waals surface area contributed by atoms with E-state index in [1.165, 1.54) is 11.3 Å². The Kier molecular flexibility index (Phi) is 5.09. The average molecular weight is 256 g/mol. The van der Waals surface area contributed by atoms with Gasteiger partial charge in [0.05, 0.1) is 11.2 Å². The Hall–Kier alpha value is -1.43. The van der Waals surface area contributed by atoms with Gasteiger partial charge in [0.2, 0.25) is 0 Å². The standard InChI is InChI=1S/C11H16N2O3S/c1-3-4-5-8(11(15)16)13-10(14)9-7(2)12-6-17-9/h6,8H,3-5H2,1-2H3,(H,13,14)(H,15,16)/t8-/m0/s1. The Bertz CT molecular complexity index is 403. The number of aryl methyl sites for hydroxylation is 1. The van der Waals surface area contributed by atoms with Crippen LogP contribution in [0, 0.1) is 6.92 Å². The van der Waals surface area contributed by atoms with Crippen molar-refractivity contribution in [3.8, 4) is 0 Å². The molecule has 0 fully saturated rings. The van der Waals surface area contributed by atoms with Crippen molar-refractivity contribution < 1.29 is 14.7 Å². The van der Waals surface area contributed by atoms with Gasteiger partial charge in [0, 0.05) is 0 Å². The molecule has 2 N–H and O–H groups in total. The van der Waals surface area contributed by atoms with Crippen LogP contribution in [0.5, 0.6) is 0 Å². The smallest absolute Gasteiger partial charge is 0.326 e. The first kappa shape index (κ1) is 13.6. The second-order valence-electron chi connectivity index (χ2n) is 3.77. The Morgan fingerprint density at radius 1 is 1.59 bits per heavy atom. The molecule has 1 aromatic heterocycles. The first-order chi connectivity index (χ1) is 8.06. The van der Waals surface area contributed by atoms with E-state index in [2.05, 4.69) is 10.3 Å². The highest BCUT2D eigenvalue weighted by Gasteiger charge is 2.21. The van der Waals surface area contributed by atoms with Gasteiger partial charge in [-0.1, -0.05) is 19.8 Å². The lowest BCUT2D eigenvalue weighted by atomic mass is 10.1. The van der Waals surface area contributed by atoms with E-state index < -0.39 is 12.0 Å². The lowest BCUT2D eigenvalue weighted by molar-refractivity contribution is -0.139. The van der Waals surface area contributed by atoms with Gasteiger partial charge >= 0.3 is 5.97 Å². The van der Waals surface area contributed by atoms with Crippen LogP contribution in [0.2, 0.25) is 0 Å². The van der Waals surface area contributed by atoms with Crippen LogP contribution in [0.15, 0.2) is 5.51 Å². The number of aliphatic carboxylic acids is 1. The SMILES string of the molecule is CCCC[C@H](NC(=O)c1scnc1C)C(=O)O. The molecule has 0 aliphatic heterocycles. The lowest BCUT2D eigenvalue weighted by Crippen LogP contribution is -2.40. The molecule has 1 amide bonds. The summed E-state index contributed by atoms with van der Waals surface area (Å²) in [6.45, 7) is 3.71. The van der Waals surface area contributed by atoms with Crippen molar-refractivity contribution in [2.45, 2.75) is 39.2 Å². The fourth-order valence-corrected chi connectivity index (χ4v) is 2.11. The summed E-state index contributed by atoms with van der Waals surface area (Å²) in [5.74, 6) is -1.34. The Morgan fingerprint density at radius 3 is 2.76 bits per heavy atom. The molecule has 0 aliphatic carbocycles. The summed E-state index contributed by atoms with van der Waals surface area (Å²) in [5, 5.41) is 11.5. The average Bonchev–Trinajstić information content (AvgIpc) is 2.70. The van der Waals surface area contributed by atoms with Crippen LogP contribution < -0.4 is 5.32 Å². The highest BCUT2D eigenvalue weighted by molar-refractivity contribution is 7.11. The van der Waals surface area contributed by atoms with Crippen LogP contribution in [0.3, 0.4) is 0 Å². The predicted molar refractivity (Wildman–Crippen MR) is 65.3 cm³/mol. The van der Waals surface area contributed by atoms with Gasteiger partial charge in [-0.05, 0) is 13.3 Å². The number of carbonyl (C=O) groups excluding carboxylic acids is 1. The zero-order chi connectivity index (χ0) is 12.8. The van der Waals surface area contributed by atoms with E-state index in [0.717, 1.165) is 12.8 Å². The van der Waals surface area contributed by atoms with Gasteiger partial charge in [0.1, 0.15) is 10.9 Å². The van der Waals surface area contributed by atoms with E-state index in [4.69, 9.17) is 5.11 Å². The summed E-state index contributed by atoms with van der Waals surface area (Å²) in [6, 6.07) is -0.816. The molecule has 0 aromatic carbocycles. The van der Waals surface area contributed by atoms with E-state index in [-0.39, 0.29) is 5.91 Å². The zero-order valence-electron chi connectivity index (χ0n) is 9.90. The van der Waals surface area contributed by atoms with Crippen molar-refractivity contribution in [2.24, 2.45) is 0 Å². The number of unbranched alkanes of at least 4 members (excludes halogenated alkanes) is 1. The van der Waals surface area contributed by atoms with Gasteiger partial charge in [-0.3, -0.25) is 4.79 Å². The first-order valence-corrected chi connectivity index (χ1v) is 6.38. The lowest BCUT2D eigenvalue weighted by Gasteiger charge is -2.13. The van der Waals surface area contributed by atoms with E-state index >= 15 is 0 Å². The number of thiazole rings is 1. The highest BCUT2D eigenvalue weighted by atomic mass is 32.1. The van der Waals surface area contributed by atoms with Gasteiger partial charge < -0.3 is 10.4 Å². The van der Waals surface area contributed by atoms with Crippen molar-refractivity contribution in [3.63, 3.8) is 0 Å². The molecule has 0 aliphatic rings. The number of rotatable bonds is 6. The molecule has 17 heavy (non-hydrogen) atoms. The molecular weight excluding hydrogens is 240 g/mol. The normalized spacial score (nSPS) is 12.1.